The van der Waals surface area contributed by atoms with Gasteiger partial charge in [-0.1, -0.05) is 78.0 Å². The molecule has 0 aliphatic carbocycles. The summed E-state index contributed by atoms with van der Waals surface area (Å²) in [6.45, 7) is 3.09. The van der Waals surface area contributed by atoms with Crippen LogP contribution in [0.25, 0.3) is 0 Å². The molecule has 1 heterocycles. The Morgan fingerprint density at radius 1 is 0.865 bits per heavy atom. The zero-order valence-corrected chi connectivity index (χ0v) is 21.5. The predicted octanol–water partition coefficient (Wildman–Crippen LogP) is 4.55. The van der Waals surface area contributed by atoms with Crippen LogP contribution in [-0.2, 0) is 30.3 Å². The van der Waals surface area contributed by atoms with Crippen LogP contribution in [0.3, 0.4) is 0 Å². The first-order chi connectivity index (χ1) is 17.9. The van der Waals surface area contributed by atoms with Crippen molar-refractivity contribution in [2.24, 2.45) is 0 Å². The van der Waals surface area contributed by atoms with Gasteiger partial charge in [0.1, 0.15) is 17.6 Å². The van der Waals surface area contributed by atoms with E-state index in [-0.39, 0.29) is 13.2 Å². The molecule has 0 aromatic heterocycles. The molecule has 1 saturated heterocycles. The second-order valence-corrected chi connectivity index (χ2v) is 9.90. The molecule has 0 amide bonds. The number of esters is 2. The van der Waals surface area contributed by atoms with Crippen LogP contribution in [0.15, 0.2) is 89.8 Å². The van der Waals surface area contributed by atoms with Crippen molar-refractivity contribution in [3.8, 4) is 0 Å². The number of hydrogen-bond donors (Lipinski definition) is 1. The fraction of sp³-hybridized carbons (Fsp3) is 0.310. The number of benzene rings is 3. The van der Waals surface area contributed by atoms with Gasteiger partial charge in [0.25, 0.3) is 0 Å². The highest BCUT2D eigenvalue weighted by molar-refractivity contribution is 7.99. The van der Waals surface area contributed by atoms with E-state index in [1.165, 1.54) is 18.7 Å². The normalized spacial score (nSPS) is 23.3. The molecule has 0 bridgehead atoms. The van der Waals surface area contributed by atoms with Crippen molar-refractivity contribution >= 4 is 23.7 Å². The van der Waals surface area contributed by atoms with Gasteiger partial charge in [0.05, 0.1) is 18.8 Å². The van der Waals surface area contributed by atoms with Gasteiger partial charge in [0.15, 0.2) is 12.2 Å². The maximum atomic E-state index is 13.1. The molecule has 3 aromatic rings. The minimum absolute atomic E-state index is 0.188. The van der Waals surface area contributed by atoms with Gasteiger partial charge in [0.2, 0.25) is 0 Å². The molecule has 194 valence electrons. The molecule has 1 N–H and O–H groups in total. The lowest BCUT2D eigenvalue weighted by atomic mass is 9.99. The van der Waals surface area contributed by atoms with Crippen LogP contribution in [0.4, 0.5) is 0 Å². The summed E-state index contributed by atoms with van der Waals surface area (Å²) in [5, 5.41) is 10.3. The molecule has 1 aliphatic heterocycles. The summed E-state index contributed by atoms with van der Waals surface area (Å²) in [4.78, 5) is 26.2. The van der Waals surface area contributed by atoms with Crippen molar-refractivity contribution in [1.29, 1.82) is 0 Å². The maximum absolute atomic E-state index is 13.1. The molecular weight excluding hydrogens is 492 g/mol. The lowest BCUT2D eigenvalue weighted by molar-refractivity contribution is -0.232. The fourth-order valence-electron chi connectivity index (χ4n) is 4.06. The van der Waals surface area contributed by atoms with Crippen LogP contribution in [-0.4, -0.2) is 53.5 Å². The molecule has 7 nitrogen and oxygen atoms in total. The van der Waals surface area contributed by atoms with Crippen molar-refractivity contribution in [1.82, 2.24) is 0 Å². The molecule has 4 rings (SSSR count). The third-order valence-electron chi connectivity index (χ3n) is 5.88. The number of ether oxygens (including phenoxy) is 4. The van der Waals surface area contributed by atoms with Crippen molar-refractivity contribution in [3.63, 3.8) is 0 Å². The summed E-state index contributed by atoms with van der Waals surface area (Å²) in [6, 6.07) is 25.9. The standard InChI is InChI=1S/C29H30O7S/c1-19-13-15-23(16-14-19)37-29-27(34-20(2)31)26(36-28(32)22-11-7-4-8-12-22)25(24(17-30)35-29)33-18-21-9-5-3-6-10-21/h3-16,24-27,29-30H,17-18H2,1-2H3/t24-,25+,26+,27-,29+/m1/s1. The lowest BCUT2D eigenvalue weighted by Gasteiger charge is -2.44. The van der Waals surface area contributed by atoms with Crippen LogP contribution in [0.1, 0.15) is 28.4 Å². The third-order valence-corrected chi connectivity index (χ3v) is 7.04. The number of carbonyl (C=O) groups excluding carboxylic acids is 2. The summed E-state index contributed by atoms with van der Waals surface area (Å²) >= 11 is 1.33. The molecule has 0 unspecified atom stereocenters. The second kappa shape index (κ2) is 12.9. The first kappa shape index (κ1) is 26.9. The van der Waals surface area contributed by atoms with Crippen LogP contribution in [0, 0.1) is 6.92 Å². The number of carbonyl (C=O) groups is 2. The Kier molecular flexibility index (Phi) is 9.35. The van der Waals surface area contributed by atoms with Gasteiger partial charge in [-0.15, -0.1) is 0 Å². The van der Waals surface area contributed by atoms with Gasteiger partial charge in [-0.05, 0) is 36.8 Å². The first-order valence-electron chi connectivity index (χ1n) is 12.0. The van der Waals surface area contributed by atoms with Crippen molar-refractivity contribution in [2.75, 3.05) is 6.61 Å². The third kappa shape index (κ3) is 7.20. The summed E-state index contributed by atoms with van der Waals surface area (Å²) in [5.74, 6) is -1.14. The molecule has 37 heavy (non-hydrogen) atoms. The highest BCUT2D eigenvalue weighted by atomic mass is 32.2. The number of thioether (sulfide) groups is 1. The molecule has 5 atom stereocenters. The molecule has 8 heteroatoms. The van der Waals surface area contributed by atoms with E-state index in [1.54, 1.807) is 30.3 Å². The van der Waals surface area contributed by atoms with E-state index < -0.39 is 41.8 Å². The summed E-state index contributed by atoms with van der Waals surface area (Å²) in [7, 11) is 0. The van der Waals surface area contributed by atoms with Gasteiger partial charge < -0.3 is 24.1 Å². The molecule has 0 saturated carbocycles. The Hall–Kier alpha value is -3.17. The van der Waals surface area contributed by atoms with E-state index in [1.807, 2.05) is 61.5 Å². The van der Waals surface area contributed by atoms with Gasteiger partial charge in [0, 0.05) is 11.8 Å². The van der Waals surface area contributed by atoms with Gasteiger partial charge >= 0.3 is 11.9 Å². The molecule has 0 spiro atoms. The van der Waals surface area contributed by atoms with Crippen LogP contribution in [0.2, 0.25) is 0 Å². The zero-order valence-electron chi connectivity index (χ0n) is 20.7. The SMILES string of the molecule is CC(=O)O[C@@H]1[C@@H](OC(=O)c2ccccc2)[C@@H](OCc2ccccc2)[C@@H](CO)O[C@H]1Sc1ccc(C)cc1. The van der Waals surface area contributed by atoms with Crippen LogP contribution < -0.4 is 0 Å². The number of rotatable bonds is 9. The average Bonchev–Trinajstić information content (AvgIpc) is 2.91. The minimum Gasteiger partial charge on any atom is -0.455 e. The monoisotopic (exact) mass is 522 g/mol. The first-order valence-corrected chi connectivity index (χ1v) is 12.9. The quantitative estimate of drug-likeness (QED) is 0.410. The second-order valence-electron chi connectivity index (χ2n) is 8.73. The molecule has 1 fully saturated rings. The van der Waals surface area contributed by atoms with Gasteiger partial charge in [-0.3, -0.25) is 4.79 Å². The van der Waals surface area contributed by atoms with Crippen LogP contribution in [0.5, 0.6) is 0 Å². The topological polar surface area (TPSA) is 91.3 Å². The highest BCUT2D eigenvalue weighted by Gasteiger charge is 2.51. The van der Waals surface area contributed by atoms with Gasteiger partial charge in [-0.25, -0.2) is 4.79 Å². The molecule has 0 radical (unpaired) electrons. The van der Waals surface area contributed by atoms with E-state index in [0.29, 0.717) is 5.56 Å². The van der Waals surface area contributed by atoms with E-state index in [4.69, 9.17) is 18.9 Å². The molecule has 1 aliphatic rings. The summed E-state index contributed by atoms with van der Waals surface area (Å²) in [5.41, 5.74) is 1.59. The smallest absolute Gasteiger partial charge is 0.338 e. The Labute approximate surface area is 220 Å². The zero-order chi connectivity index (χ0) is 26.2. The van der Waals surface area contributed by atoms with Crippen LogP contribution >= 0.6 is 11.8 Å². The maximum Gasteiger partial charge on any atom is 0.338 e. The Morgan fingerprint density at radius 3 is 2.14 bits per heavy atom. The number of aliphatic hydroxyl groups excluding tert-OH is 1. The van der Waals surface area contributed by atoms with Crippen molar-refractivity contribution < 1.29 is 33.6 Å². The molecular formula is C29H30O7S. The van der Waals surface area contributed by atoms with E-state index in [0.717, 1.165) is 16.0 Å². The van der Waals surface area contributed by atoms with Crippen molar-refractivity contribution in [2.45, 2.75) is 55.2 Å². The minimum atomic E-state index is -1.03. The number of aliphatic hydroxyl groups is 1. The average molecular weight is 523 g/mol. The highest BCUT2D eigenvalue weighted by Crippen LogP contribution is 2.37. The number of hydrogen-bond acceptors (Lipinski definition) is 8. The predicted molar refractivity (Wildman–Crippen MR) is 139 cm³/mol. The molecule has 3 aromatic carbocycles. The summed E-state index contributed by atoms with van der Waals surface area (Å²) in [6.07, 6.45) is -3.74. The van der Waals surface area contributed by atoms with Crippen molar-refractivity contribution in [3.05, 3.63) is 102 Å². The fourth-order valence-corrected chi connectivity index (χ4v) is 5.16. The summed E-state index contributed by atoms with van der Waals surface area (Å²) < 4.78 is 24.1. The van der Waals surface area contributed by atoms with Gasteiger partial charge in [-0.2, -0.15) is 0 Å². The Morgan fingerprint density at radius 2 is 1.51 bits per heavy atom. The van der Waals surface area contributed by atoms with E-state index in [9.17, 15) is 14.7 Å². The Bertz CT molecular complexity index is 1150. The number of aryl methyl sites for hydroxylation is 1. The largest absolute Gasteiger partial charge is 0.455 e. The van der Waals surface area contributed by atoms with E-state index >= 15 is 0 Å². The Balaban J connectivity index is 1.66. The lowest BCUT2D eigenvalue weighted by Crippen LogP contribution is -2.61. The van der Waals surface area contributed by atoms with E-state index in [2.05, 4.69) is 0 Å².